The zero-order valence-electron chi connectivity index (χ0n) is 14.6. The third kappa shape index (κ3) is 3.55. The fraction of sp³-hybridized carbons (Fsp3) is 0.211. The maximum absolute atomic E-state index is 14.6. The van der Waals surface area contributed by atoms with Crippen LogP contribution in [0.3, 0.4) is 0 Å². The minimum atomic E-state index is -1.54. The van der Waals surface area contributed by atoms with E-state index in [1.54, 1.807) is 31.3 Å². The van der Waals surface area contributed by atoms with Crippen molar-refractivity contribution in [1.82, 2.24) is 10.3 Å². The number of rotatable bonds is 4. The van der Waals surface area contributed by atoms with E-state index in [1.807, 2.05) is 0 Å². The van der Waals surface area contributed by atoms with E-state index < -0.39 is 23.1 Å². The SMILES string of the molecule is CCOC(=O)C1=C(Cl)NC(c2ccccn2)=NC1(C)c1ccc(F)cc1F. The summed E-state index contributed by atoms with van der Waals surface area (Å²) in [4.78, 5) is 21.2. The van der Waals surface area contributed by atoms with E-state index in [0.29, 0.717) is 5.69 Å². The molecule has 0 saturated heterocycles. The average Bonchev–Trinajstić information content (AvgIpc) is 2.61. The van der Waals surface area contributed by atoms with E-state index in [9.17, 15) is 13.6 Å². The Morgan fingerprint density at radius 2 is 2.07 bits per heavy atom. The van der Waals surface area contributed by atoms with E-state index in [-0.39, 0.29) is 28.7 Å². The molecule has 5 nitrogen and oxygen atoms in total. The van der Waals surface area contributed by atoms with Gasteiger partial charge in [-0.15, -0.1) is 0 Å². The number of aliphatic imine (C=N–C) groups is 1. The summed E-state index contributed by atoms with van der Waals surface area (Å²) in [5, 5.41) is 2.75. The molecule has 0 radical (unpaired) electrons. The molecule has 3 rings (SSSR count). The Labute approximate surface area is 159 Å². The highest BCUT2D eigenvalue weighted by atomic mass is 35.5. The normalized spacial score (nSPS) is 19.4. The van der Waals surface area contributed by atoms with Gasteiger partial charge in [-0.05, 0) is 32.0 Å². The predicted octanol–water partition coefficient (Wildman–Crippen LogP) is 3.64. The fourth-order valence-electron chi connectivity index (χ4n) is 2.88. The van der Waals surface area contributed by atoms with Gasteiger partial charge in [0, 0.05) is 17.8 Å². The van der Waals surface area contributed by atoms with E-state index >= 15 is 0 Å². The molecule has 0 fully saturated rings. The molecule has 1 aromatic heterocycles. The number of halogens is 3. The first-order valence-electron chi connectivity index (χ1n) is 8.18. The molecule has 0 spiro atoms. The van der Waals surface area contributed by atoms with Crippen LogP contribution >= 0.6 is 11.6 Å². The summed E-state index contributed by atoms with van der Waals surface area (Å²) in [6, 6.07) is 8.23. The average molecular weight is 392 g/mol. The van der Waals surface area contributed by atoms with Crippen molar-refractivity contribution in [3.8, 4) is 0 Å². The second-order valence-corrected chi connectivity index (χ2v) is 6.28. The Kier molecular flexibility index (Phi) is 5.23. The molecule has 2 heterocycles. The maximum atomic E-state index is 14.6. The Morgan fingerprint density at radius 1 is 1.30 bits per heavy atom. The number of amidine groups is 1. The first-order chi connectivity index (χ1) is 12.9. The predicted molar refractivity (Wildman–Crippen MR) is 97.1 cm³/mol. The van der Waals surface area contributed by atoms with Crippen molar-refractivity contribution in [3.05, 3.63) is 76.2 Å². The molecule has 0 amide bonds. The van der Waals surface area contributed by atoms with E-state index in [1.165, 1.54) is 13.0 Å². The van der Waals surface area contributed by atoms with E-state index in [0.717, 1.165) is 12.1 Å². The summed E-state index contributed by atoms with van der Waals surface area (Å²) >= 11 is 6.34. The minimum absolute atomic E-state index is 0.0139. The van der Waals surface area contributed by atoms with Crippen LogP contribution in [0.5, 0.6) is 0 Å². The van der Waals surface area contributed by atoms with Crippen LogP contribution in [0.1, 0.15) is 25.1 Å². The van der Waals surface area contributed by atoms with Crippen LogP contribution in [0.15, 0.2) is 58.3 Å². The van der Waals surface area contributed by atoms with Crippen molar-refractivity contribution >= 4 is 23.4 Å². The third-order valence-corrected chi connectivity index (χ3v) is 4.40. The van der Waals surface area contributed by atoms with Crippen molar-refractivity contribution in [2.45, 2.75) is 19.4 Å². The summed E-state index contributed by atoms with van der Waals surface area (Å²) in [5.41, 5.74) is -1.18. The highest BCUT2D eigenvalue weighted by Crippen LogP contribution is 2.40. The topological polar surface area (TPSA) is 63.6 Å². The lowest BCUT2D eigenvalue weighted by Gasteiger charge is -2.33. The molecular weight excluding hydrogens is 376 g/mol. The van der Waals surface area contributed by atoms with Gasteiger partial charge in [-0.25, -0.2) is 18.6 Å². The van der Waals surface area contributed by atoms with Crippen LogP contribution in [0.4, 0.5) is 8.78 Å². The molecule has 0 saturated carbocycles. The number of benzene rings is 1. The van der Waals surface area contributed by atoms with Crippen LogP contribution in [-0.2, 0) is 15.1 Å². The number of carbonyl (C=O) groups excluding carboxylic acids is 1. The molecule has 1 aliphatic rings. The number of hydrogen-bond donors (Lipinski definition) is 1. The van der Waals surface area contributed by atoms with Gasteiger partial charge in [-0.1, -0.05) is 23.7 Å². The van der Waals surface area contributed by atoms with Crippen LogP contribution in [0.2, 0.25) is 0 Å². The number of ether oxygens (including phenoxy) is 1. The van der Waals surface area contributed by atoms with Crippen LogP contribution in [0.25, 0.3) is 0 Å². The Morgan fingerprint density at radius 3 is 2.70 bits per heavy atom. The molecule has 1 aliphatic heterocycles. The first kappa shape index (κ1) is 19.0. The molecule has 1 atom stereocenters. The lowest BCUT2D eigenvalue weighted by Crippen LogP contribution is -2.41. The number of esters is 1. The molecule has 0 bridgehead atoms. The molecule has 140 valence electrons. The number of carbonyl (C=O) groups is 1. The molecular formula is C19H16ClF2N3O2. The number of nitrogens with zero attached hydrogens (tertiary/aromatic N) is 2. The fourth-order valence-corrected chi connectivity index (χ4v) is 3.23. The third-order valence-electron chi connectivity index (χ3n) is 4.11. The summed E-state index contributed by atoms with van der Waals surface area (Å²) in [5.74, 6) is -2.09. The zero-order valence-corrected chi connectivity index (χ0v) is 15.3. The Bertz CT molecular complexity index is 947. The van der Waals surface area contributed by atoms with Gasteiger partial charge in [-0.2, -0.15) is 0 Å². The van der Waals surface area contributed by atoms with Gasteiger partial charge >= 0.3 is 5.97 Å². The van der Waals surface area contributed by atoms with E-state index in [2.05, 4.69) is 15.3 Å². The Hall–Kier alpha value is -2.80. The molecule has 8 heteroatoms. The summed E-state index contributed by atoms with van der Waals surface area (Å²) in [6.45, 7) is 3.26. The van der Waals surface area contributed by atoms with Crippen molar-refractivity contribution < 1.29 is 18.3 Å². The molecule has 1 unspecified atom stereocenters. The number of pyridine rings is 1. The van der Waals surface area contributed by atoms with E-state index in [4.69, 9.17) is 16.3 Å². The van der Waals surface area contributed by atoms with Gasteiger partial charge in [0.25, 0.3) is 0 Å². The quantitative estimate of drug-likeness (QED) is 0.638. The maximum Gasteiger partial charge on any atom is 0.339 e. The standard InChI is InChI=1S/C19H16ClF2N3O2/c1-3-27-18(26)15-16(20)24-17(14-6-4-5-9-23-14)25-19(15,2)12-8-7-11(21)10-13(12)22/h4-10H,3H2,1-2H3,(H,24,25). The first-order valence-corrected chi connectivity index (χ1v) is 8.55. The van der Waals surface area contributed by atoms with Gasteiger partial charge in [-0.3, -0.25) is 4.98 Å². The largest absolute Gasteiger partial charge is 0.462 e. The second kappa shape index (κ2) is 7.44. The van der Waals surface area contributed by atoms with Gasteiger partial charge < -0.3 is 10.1 Å². The number of aromatic nitrogens is 1. The van der Waals surface area contributed by atoms with Gasteiger partial charge in [0.05, 0.1) is 6.61 Å². The number of nitrogens with one attached hydrogen (secondary N) is 1. The van der Waals surface area contributed by atoms with Gasteiger partial charge in [0.15, 0.2) is 5.84 Å². The van der Waals surface area contributed by atoms with Crippen molar-refractivity contribution in [2.75, 3.05) is 6.61 Å². The summed E-state index contributed by atoms with van der Waals surface area (Å²) in [7, 11) is 0. The zero-order chi connectivity index (χ0) is 19.6. The lowest BCUT2D eigenvalue weighted by atomic mass is 9.83. The molecule has 2 aromatic rings. The second-order valence-electron chi connectivity index (χ2n) is 5.91. The lowest BCUT2D eigenvalue weighted by molar-refractivity contribution is -0.139. The Balaban J connectivity index is 2.22. The van der Waals surface area contributed by atoms with Gasteiger partial charge in [0.1, 0.15) is 33.6 Å². The monoisotopic (exact) mass is 391 g/mol. The number of hydrogen-bond acceptors (Lipinski definition) is 5. The van der Waals surface area contributed by atoms with Crippen molar-refractivity contribution in [2.24, 2.45) is 4.99 Å². The van der Waals surface area contributed by atoms with Crippen LogP contribution in [-0.4, -0.2) is 23.4 Å². The van der Waals surface area contributed by atoms with Crippen LogP contribution < -0.4 is 5.32 Å². The highest BCUT2D eigenvalue weighted by molar-refractivity contribution is 6.33. The van der Waals surface area contributed by atoms with Crippen LogP contribution in [0, 0.1) is 11.6 Å². The smallest absolute Gasteiger partial charge is 0.339 e. The molecule has 0 aliphatic carbocycles. The van der Waals surface area contributed by atoms with Crippen molar-refractivity contribution in [3.63, 3.8) is 0 Å². The highest BCUT2D eigenvalue weighted by Gasteiger charge is 2.43. The molecule has 27 heavy (non-hydrogen) atoms. The molecule has 1 N–H and O–H groups in total. The molecule has 1 aromatic carbocycles. The summed E-state index contributed by atoms with van der Waals surface area (Å²) < 4.78 is 33.1. The van der Waals surface area contributed by atoms with Crippen molar-refractivity contribution in [1.29, 1.82) is 0 Å². The summed E-state index contributed by atoms with van der Waals surface area (Å²) in [6.07, 6.45) is 1.56. The minimum Gasteiger partial charge on any atom is -0.462 e. The van der Waals surface area contributed by atoms with Gasteiger partial charge in [0.2, 0.25) is 0 Å².